The van der Waals surface area contributed by atoms with Gasteiger partial charge in [0, 0.05) is 29.8 Å². The fraction of sp³-hybridized carbons (Fsp3) is 0.400. The summed E-state index contributed by atoms with van der Waals surface area (Å²) in [7, 11) is 0. The molecule has 1 aromatic carbocycles. The van der Waals surface area contributed by atoms with Gasteiger partial charge in [0.1, 0.15) is 0 Å². The Hall–Kier alpha value is -3.59. The van der Waals surface area contributed by atoms with Crippen molar-refractivity contribution < 1.29 is 5.11 Å². The van der Waals surface area contributed by atoms with Gasteiger partial charge >= 0.3 is 5.69 Å². The van der Waals surface area contributed by atoms with E-state index in [9.17, 15) is 9.90 Å². The van der Waals surface area contributed by atoms with Crippen molar-refractivity contribution in [3.05, 3.63) is 70.7 Å². The maximum absolute atomic E-state index is 13.6. The molecule has 0 aliphatic heterocycles. The quantitative estimate of drug-likeness (QED) is 0.418. The van der Waals surface area contributed by atoms with E-state index in [1.165, 1.54) is 0 Å². The van der Waals surface area contributed by atoms with Gasteiger partial charge in [0.05, 0.1) is 18.7 Å². The lowest BCUT2D eigenvalue weighted by Gasteiger charge is -2.15. The van der Waals surface area contributed by atoms with Crippen molar-refractivity contribution in [2.24, 2.45) is 0 Å². The van der Waals surface area contributed by atoms with Crippen LogP contribution in [0.1, 0.15) is 56.3 Å². The number of imidazole rings is 1. The van der Waals surface area contributed by atoms with Crippen LogP contribution >= 0.6 is 0 Å². The van der Waals surface area contributed by atoms with Crippen molar-refractivity contribution in [1.29, 1.82) is 0 Å². The number of aryl methyl sites for hydroxylation is 1. The van der Waals surface area contributed by atoms with Gasteiger partial charge in [0.25, 0.3) is 0 Å². The number of hydrogen-bond acceptors (Lipinski definition) is 6. The normalized spacial score (nSPS) is 17.9. The van der Waals surface area contributed by atoms with Crippen LogP contribution in [0.15, 0.2) is 53.7 Å². The third kappa shape index (κ3) is 4.19. The number of H-pyrrole nitrogens is 1. The third-order valence-corrected chi connectivity index (χ3v) is 6.71. The van der Waals surface area contributed by atoms with Crippen LogP contribution < -0.4 is 5.69 Å². The minimum Gasteiger partial charge on any atom is -0.391 e. The molecule has 2 atom stereocenters. The summed E-state index contributed by atoms with van der Waals surface area (Å²) < 4.78 is 3.60. The number of rotatable bonds is 8. The zero-order valence-corrected chi connectivity index (χ0v) is 19.3. The van der Waals surface area contributed by atoms with Crippen LogP contribution in [0, 0.1) is 0 Å². The number of aromatic amines is 1. The second-order valence-corrected chi connectivity index (χ2v) is 8.88. The number of aromatic nitrogens is 7. The summed E-state index contributed by atoms with van der Waals surface area (Å²) in [6.45, 7) is 2.55. The Bertz CT molecular complexity index is 1310. The fourth-order valence-electron chi connectivity index (χ4n) is 4.93. The molecule has 1 aliphatic rings. The molecule has 3 aromatic heterocycles. The highest BCUT2D eigenvalue weighted by molar-refractivity contribution is 5.81. The Labute approximate surface area is 197 Å². The lowest BCUT2D eigenvalue weighted by Crippen LogP contribution is -2.31. The smallest absolute Gasteiger partial charge is 0.329 e. The van der Waals surface area contributed by atoms with Gasteiger partial charge in [-0.3, -0.25) is 14.1 Å². The molecule has 34 heavy (non-hydrogen) atoms. The number of hydrogen-bond donors (Lipinski definition) is 2. The molecule has 3 heterocycles. The Morgan fingerprint density at radius 2 is 2.00 bits per heavy atom. The summed E-state index contributed by atoms with van der Waals surface area (Å²) in [4.78, 5) is 17.9. The standard InChI is InChI=1S/C25H29N7O2/c1-2-3-7-18-16-32(22-10-6-11-23(22)33)25(34)31(18)15-17-14-26-13-12-19(17)20-8-4-5-9-21(20)24-27-29-30-28-24/h4-5,8-9,12-14,16,22-23,33H,2-3,6-7,10-11,15H2,1H3,(H,27,28,29,30). The molecule has 9 heteroatoms. The van der Waals surface area contributed by atoms with Crippen LogP contribution in [-0.4, -0.2) is 46.0 Å². The van der Waals surface area contributed by atoms with Crippen molar-refractivity contribution in [2.45, 2.75) is 64.1 Å². The van der Waals surface area contributed by atoms with Gasteiger partial charge in [-0.05, 0) is 60.1 Å². The summed E-state index contributed by atoms with van der Waals surface area (Å²) in [5.41, 5.74) is 4.63. The minimum atomic E-state index is -0.469. The van der Waals surface area contributed by atoms with E-state index < -0.39 is 6.10 Å². The Balaban J connectivity index is 1.57. The second kappa shape index (κ2) is 9.72. The maximum atomic E-state index is 13.6. The SMILES string of the molecule is CCCCc1cn(C2CCCC2O)c(=O)n1Cc1cnccc1-c1ccccc1-c1nn[nH]n1. The van der Waals surface area contributed by atoms with Gasteiger partial charge in [0.2, 0.25) is 5.82 Å². The molecule has 0 radical (unpaired) electrons. The van der Waals surface area contributed by atoms with Gasteiger partial charge in [0.15, 0.2) is 0 Å². The summed E-state index contributed by atoms with van der Waals surface area (Å²) in [5, 5.41) is 25.0. The van der Waals surface area contributed by atoms with Crippen molar-refractivity contribution in [3.63, 3.8) is 0 Å². The van der Waals surface area contributed by atoms with Gasteiger partial charge in [-0.2, -0.15) is 5.21 Å². The predicted molar refractivity (Wildman–Crippen MR) is 128 cm³/mol. The topological polar surface area (TPSA) is 115 Å². The van der Waals surface area contributed by atoms with E-state index in [2.05, 4.69) is 32.5 Å². The number of nitrogens with one attached hydrogen (secondary N) is 1. The number of nitrogens with zero attached hydrogens (tertiary/aromatic N) is 6. The highest BCUT2D eigenvalue weighted by Crippen LogP contribution is 2.33. The first kappa shape index (κ1) is 22.2. The average Bonchev–Trinajstić information content (AvgIpc) is 3.60. The summed E-state index contributed by atoms with van der Waals surface area (Å²) in [6, 6.07) is 9.70. The number of pyridine rings is 1. The van der Waals surface area contributed by atoms with E-state index in [1.807, 2.05) is 47.3 Å². The van der Waals surface area contributed by atoms with Crippen LogP contribution in [0.3, 0.4) is 0 Å². The first-order valence-electron chi connectivity index (χ1n) is 11.9. The third-order valence-electron chi connectivity index (χ3n) is 6.71. The molecule has 1 aliphatic carbocycles. The van der Waals surface area contributed by atoms with Crippen molar-refractivity contribution >= 4 is 0 Å². The molecule has 2 N–H and O–H groups in total. The van der Waals surface area contributed by atoms with Crippen LogP contribution in [0.25, 0.3) is 22.5 Å². The molecular formula is C25H29N7O2. The fourth-order valence-corrected chi connectivity index (χ4v) is 4.93. The molecule has 0 saturated heterocycles. The number of aliphatic hydroxyl groups excluding tert-OH is 1. The van der Waals surface area contributed by atoms with E-state index in [4.69, 9.17) is 0 Å². The highest BCUT2D eigenvalue weighted by atomic mass is 16.3. The van der Waals surface area contributed by atoms with Crippen molar-refractivity contribution in [3.8, 4) is 22.5 Å². The number of aliphatic hydroxyl groups is 1. The largest absolute Gasteiger partial charge is 0.391 e. The monoisotopic (exact) mass is 459 g/mol. The summed E-state index contributed by atoms with van der Waals surface area (Å²) in [5.74, 6) is 0.514. The maximum Gasteiger partial charge on any atom is 0.329 e. The second-order valence-electron chi connectivity index (χ2n) is 8.88. The minimum absolute atomic E-state index is 0.0710. The highest BCUT2D eigenvalue weighted by Gasteiger charge is 2.29. The van der Waals surface area contributed by atoms with Crippen LogP contribution in [0.4, 0.5) is 0 Å². The lowest BCUT2D eigenvalue weighted by atomic mass is 9.96. The molecule has 0 spiro atoms. The first-order valence-corrected chi connectivity index (χ1v) is 11.9. The first-order chi connectivity index (χ1) is 16.7. The van der Waals surface area contributed by atoms with Gasteiger partial charge in [-0.25, -0.2) is 4.79 Å². The van der Waals surface area contributed by atoms with E-state index >= 15 is 0 Å². The Kier molecular flexibility index (Phi) is 6.35. The molecule has 9 nitrogen and oxygen atoms in total. The summed E-state index contributed by atoms with van der Waals surface area (Å²) >= 11 is 0. The summed E-state index contributed by atoms with van der Waals surface area (Å²) in [6.07, 6.45) is 10.4. The molecule has 4 aromatic rings. The number of tetrazole rings is 1. The molecule has 0 bridgehead atoms. The Morgan fingerprint density at radius 3 is 2.74 bits per heavy atom. The number of benzene rings is 1. The van der Waals surface area contributed by atoms with E-state index in [0.29, 0.717) is 12.4 Å². The van der Waals surface area contributed by atoms with E-state index in [1.54, 1.807) is 10.8 Å². The average molecular weight is 460 g/mol. The van der Waals surface area contributed by atoms with Crippen molar-refractivity contribution in [2.75, 3.05) is 0 Å². The molecule has 0 amide bonds. The van der Waals surface area contributed by atoms with Gasteiger partial charge < -0.3 is 5.11 Å². The molecule has 2 unspecified atom stereocenters. The van der Waals surface area contributed by atoms with Crippen LogP contribution in [-0.2, 0) is 13.0 Å². The van der Waals surface area contributed by atoms with Gasteiger partial charge in [-0.1, -0.05) is 37.6 Å². The lowest BCUT2D eigenvalue weighted by molar-refractivity contribution is 0.134. The molecule has 1 saturated carbocycles. The van der Waals surface area contributed by atoms with E-state index in [0.717, 1.165) is 66.5 Å². The van der Waals surface area contributed by atoms with Crippen LogP contribution in [0.5, 0.6) is 0 Å². The molecular weight excluding hydrogens is 430 g/mol. The predicted octanol–water partition coefficient (Wildman–Crippen LogP) is 3.37. The zero-order chi connectivity index (χ0) is 23.5. The van der Waals surface area contributed by atoms with Gasteiger partial charge in [-0.15, -0.1) is 10.2 Å². The molecule has 176 valence electrons. The van der Waals surface area contributed by atoms with Crippen molar-refractivity contribution in [1.82, 2.24) is 34.7 Å². The Morgan fingerprint density at radius 1 is 1.15 bits per heavy atom. The zero-order valence-electron chi connectivity index (χ0n) is 19.3. The van der Waals surface area contributed by atoms with Crippen LogP contribution in [0.2, 0.25) is 0 Å². The number of unbranched alkanes of at least 4 members (excludes halogenated alkanes) is 1. The molecule has 1 fully saturated rings. The molecule has 5 rings (SSSR count). The van der Waals surface area contributed by atoms with E-state index in [-0.39, 0.29) is 11.7 Å².